The molecule has 1 rings (SSSR count). The van der Waals surface area contributed by atoms with Crippen molar-refractivity contribution in [2.24, 2.45) is 0 Å². The third-order valence-electron chi connectivity index (χ3n) is 2.17. The molecule has 0 aliphatic carbocycles. The average Bonchev–Trinajstić information content (AvgIpc) is 2.32. The predicted molar refractivity (Wildman–Crippen MR) is 67.1 cm³/mol. The van der Waals surface area contributed by atoms with E-state index < -0.39 is 6.09 Å². The van der Waals surface area contributed by atoms with Crippen molar-refractivity contribution in [1.29, 1.82) is 0 Å². The molecule has 94 valence electrons. The minimum atomic E-state index is -0.472. The van der Waals surface area contributed by atoms with Gasteiger partial charge in [0, 0.05) is 17.6 Å². The highest BCUT2D eigenvalue weighted by molar-refractivity contribution is 6.34. The van der Waals surface area contributed by atoms with Crippen LogP contribution in [0.5, 0.6) is 5.75 Å². The van der Waals surface area contributed by atoms with E-state index >= 15 is 0 Å². The summed E-state index contributed by atoms with van der Waals surface area (Å²) in [6.07, 6.45) is 0.0956. The summed E-state index contributed by atoms with van der Waals surface area (Å²) < 4.78 is 9.48. The Morgan fingerprint density at radius 2 is 2.00 bits per heavy atom. The van der Waals surface area contributed by atoms with Crippen molar-refractivity contribution in [3.63, 3.8) is 0 Å². The molecular formula is C11H13Cl2NO3. The van der Waals surface area contributed by atoms with Crippen LogP contribution in [-0.2, 0) is 11.2 Å². The number of carbonyl (C=O) groups is 1. The topological polar surface area (TPSA) is 47.6 Å². The van der Waals surface area contributed by atoms with E-state index in [1.165, 1.54) is 14.2 Å². The lowest BCUT2D eigenvalue weighted by Gasteiger charge is -2.09. The van der Waals surface area contributed by atoms with Gasteiger partial charge in [-0.2, -0.15) is 0 Å². The molecule has 6 heteroatoms. The van der Waals surface area contributed by atoms with E-state index in [4.69, 9.17) is 27.9 Å². The number of halogens is 2. The summed E-state index contributed by atoms with van der Waals surface area (Å²) in [5, 5.41) is 3.61. The molecule has 17 heavy (non-hydrogen) atoms. The van der Waals surface area contributed by atoms with Crippen LogP contribution in [-0.4, -0.2) is 26.9 Å². The number of hydrogen-bond donors (Lipinski definition) is 1. The molecule has 0 aliphatic heterocycles. The van der Waals surface area contributed by atoms with Crippen LogP contribution in [0.4, 0.5) is 4.79 Å². The van der Waals surface area contributed by atoms with Crippen molar-refractivity contribution in [1.82, 2.24) is 5.32 Å². The number of benzene rings is 1. The number of carbonyl (C=O) groups excluding carboxylic acids is 1. The van der Waals surface area contributed by atoms with Crippen LogP contribution in [0.15, 0.2) is 12.1 Å². The van der Waals surface area contributed by atoms with Gasteiger partial charge in [0.2, 0.25) is 0 Å². The Labute approximate surface area is 110 Å². The van der Waals surface area contributed by atoms with Crippen LogP contribution in [0.3, 0.4) is 0 Å². The first-order chi connectivity index (χ1) is 8.08. The third-order valence-corrected chi connectivity index (χ3v) is 2.82. The van der Waals surface area contributed by atoms with Gasteiger partial charge in [-0.25, -0.2) is 4.79 Å². The molecule has 0 fully saturated rings. The molecule has 0 atom stereocenters. The van der Waals surface area contributed by atoms with Gasteiger partial charge in [-0.15, -0.1) is 0 Å². The minimum absolute atomic E-state index is 0.426. The molecule has 0 spiro atoms. The Balaban J connectivity index is 2.65. The monoisotopic (exact) mass is 277 g/mol. The fourth-order valence-corrected chi connectivity index (χ4v) is 1.80. The van der Waals surface area contributed by atoms with Crippen molar-refractivity contribution in [2.45, 2.75) is 6.42 Å². The lowest BCUT2D eigenvalue weighted by Crippen LogP contribution is -2.25. The van der Waals surface area contributed by atoms with Gasteiger partial charge in [0.1, 0.15) is 5.75 Å². The molecule has 0 saturated heterocycles. The highest BCUT2D eigenvalue weighted by Crippen LogP contribution is 2.30. The molecule has 0 aliphatic rings. The van der Waals surface area contributed by atoms with E-state index in [9.17, 15) is 4.79 Å². The molecule has 0 radical (unpaired) electrons. The predicted octanol–water partition coefficient (Wildman–Crippen LogP) is 2.90. The maximum atomic E-state index is 10.8. The zero-order valence-electron chi connectivity index (χ0n) is 9.55. The quantitative estimate of drug-likeness (QED) is 0.921. The van der Waals surface area contributed by atoms with Gasteiger partial charge in [-0.1, -0.05) is 23.2 Å². The van der Waals surface area contributed by atoms with Crippen LogP contribution in [0.1, 0.15) is 5.56 Å². The zero-order chi connectivity index (χ0) is 12.8. The summed E-state index contributed by atoms with van der Waals surface area (Å²) in [5.74, 6) is 0.529. The second kappa shape index (κ2) is 6.57. The van der Waals surface area contributed by atoms with Crippen molar-refractivity contribution < 1.29 is 14.3 Å². The Kier molecular flexibility index (Phi) is 5.38. The van der Waals surface area contributed by atoms with Gasteiger partial charge in [0.15, 0.2) is 0 Å². The van der Waals surface area contributed by atoms with E-state index in [1.807, 2.05) is 0 Å². The number of ether oxygens (including phenoxy) is 2. The summed E-state index contributed by atoms with van der Waals surface area (Å²) in [4.78, 5) is 10.8. The molecule has 1 aromatic carbocycles. The van der Waals surface area contributed by atoms with Crippen LogP contribution >= 0.6 is 23.2 Å². The number of rotatable bonds is 4. The van der Waals surface area contributed by atoms with E-state index in [1.54, 1.807) is 12.1 Å². The van der Waals surface area contributed by atoms with E-state index in [-0.39, 0.29) is 0 Å². The number of hydrogen-bond acceptors (Lipinski definition) is 3. The van der Waals surface area contributed by atoms with Gasteiger partial charge in [-0.05, 0) is 18.1 Å². The van der Waals surface area contributed by atoms with Crippen LogP contribution in [0.2, 0.25) is 10.0 Å². The normalized spacial score (nSPS) is 9.88. The van der Waals surface area contributed by atoms with Crippen molar-refractivity contribution in [2.75, 3.05) is 20.8 Å². The molecule has 0 heterocycles. The summed E-state index contributed by atoms with van der Waals surface area (Å²) in [6.45, 7) is 0.426. The number of methoxy groups -OCH3 is 2. The Morgan fingerprint density at radius 1 is 1.29 bits per heavy atom. The highest BCUT2D eigenvalue weighted by atomic mass is 35.5. The second-order valence-corrected chi connectivity index (χ2v) is 4.06. The largest absolute Gasteiger partial charge is 0.495 e. The number of alkyl carbamates (subject to hydrolysis) is 1. The van der Waals surface area contributed by atoms with E-state index in [0.717, 1.165) is 5.56 Å². The van der Waals surface area contributed by atoms with Crippen molar-refractivity contribution in [3.05, 3.63) is 27.7 Å². The first-order valence-corrected chi connectivity index (χ1v) is 5.67. The fourth-order valence-electron chi connectivity index (χ4n) is 1.29. The maximum Gasteiger partial charge on any atom is 0.406 e. The fraction of sp³-hybridized carbons (Fsp3) is 0.364. The maximum absolute atomic E-state index is 10.8. The molecule has 1 N–H and O–H groups in total. The van der Waals surface area contributed by atoms with Gasteiger partial charge in [0.25, 0.3) is 0 Å². The number of amides is 1. The van der Waals surface area contributed by atoms with Crippen molar-refractivity contribution >= 4 is 29.3 Å². The van der Waals surface area contributed by atoms with Crippen LogP contribution < -0.4 is 10.1 Å². The molecule has 4 nitrogen and oxygen atoms in total. The first-order valence-electron chi connectivity index (χ1n) is 4.92. The first kappa shape index (κ1) is 13.9. The second-order valence-electron chi connectivity index (χ2n) is 3.25. The van der Waals surface area contributed by atoms with E-state index in [2.05, 4.69) is 10.1 Å². The minimum Gasteiger partial charge on any atom is -0.495 e. The van der Waals surface area contributed by atoms with Gasteiger partial charge in [-0.3, -0.25) is 0 Å². The van der Waals surface area contributed by atoms with Crippen molar-refractivity contribution in [3.8, 4) is 5.75 Å². The van der Waals surface area contributed by atoms with E-state index in [0.29, 0.717) is 28.8 Å². The number of nitrogens with one attached hydrogen (secondary N) is 1. The van der Waals surface area contributed by atoms with Gasteiger partial charge in [0.05, 0.1) is 19.2 Å². The molecule has 0 unspecified atom stereocenters. The van der Waals surface area contributed by atoms with Crippen LogP contribution in [0.25, 0.3) is 0 Å². The van der Waals surface area contributed by atoms with Gasteiger partial charge < -0.3 is 14.8 Å². The van der Waals surface area contributed by atoms with Crippen LogP contribution in [0, 0.1) is 0 Å². The molecule has 0 aromatic heterocycles. The Morgan fingerprint density at radius 3 is 2.59 bits per heavy atom. The summed E-state index contributed by atoms with van der Waals surface area (Å²) >= 11 is 12.0. The Hall–Kier alpha value is -1.13. The summed E-state index contributed by atoms with van der Waals surface area (Å²) in [5.41, 5.74) is 0.842. The average molecular weight is 278 g/mol. The molecule has 0 bridgehead atoms. The highest BCUT2D eigenvalue weighted by Gasteiger charge is 2.08. The third kappa shape index (κ3) is 3.98. The SMILES string of the molecule is COC(=O)NCCc1cc(Cl)c(OC)cc1Cl. The van der Waals surface area contributed by atoms with Gasteiger partial charge >= 0.3 is 6.09 Å². The molecule has 0 saturated carbocycles. The summed E-state index contributed by atoms with van der Waals surface area (Å²) in [7, 11) is 2.84. The smallest absolute Gasteiger partial charge is 0.406 e. The zero-order valence-corrected chi connectivity index (χ0v) is 11.1. The standard InChI is InChI=1S/C11H13Cl2NO3/c1-16-10-6-8(12)7(5-9(10)13)3-4-14-11(15)17-2/h5-6H,3-4H2,1-2H3,(H,14,15). The molecule has 1 aromatic rings. The summed E-state index contributed by atoms with van der Waals surface area (Å²) in [6, 6.07) is 3.37. The lowest BCUT2D eigenvalue weighted by molar-refractivity contribution is 0.171. The Bertz CT molecular complexity index is 410. The molecule has 1 amide bonds. The lowest BCUT2D eigenvalue weighted by atomic mass is 10.1. The molecular weight excluding hydrogens is 265 g/mol.